The first kappa shape index (κ1) is 23.0. The summed E-state index contributed by atoms with van der Waals surface area (Å²) in [5.74, 6) is -0.555. The van der Waals surface area contributed by atoms with Gasteiger partial charge in [0.2, 0.25) is 5.88 Å². The van der Waals surface area contributed by atoms with E-state index in [1.54, 1.807) is 35.4 Å². The maximum absolute atomic E-state index is 13.4. The Morgan fingerprint density at radius 2 is 1.78 bits per heavy atom. The third kappa shape index (κ3) is 3.94. The first-order valence-corrected chi connectivity index (χ1v) is 12.2. The molecular weight excluding hydrogens is 477 g/mol. The number of benzene rings is 2. The first-order valence-electron chi connectivity index (χ1n) is 12.2. The molecule has 0 saturated carbocycles. The summed E-state index contributed by atoms with van der Waals surface area (Å²) >= 11 is 0. The van der Waals surface area contributed by atoms with Gasteiger partial charge >= 0.3 is 6.03 Å². The zero-order valence-electron chi connectivity index (χ0n) is 19.8. The van der Waals surface area contributed by atoms with Crippen LogP contribution in [0, 0.1) is 5.82 Å². The zero-order chi connectivity index (χ0) is 25.6. The van der Waals surface area contributed by atoms with Gasteiger partial charge in [-0.2, -0.15) is 0 Å². The van der Waals surface area contributed by atoms with Crippen molar-refractivity contribution in [1.29, 1.82) is 0 Å². The zero-order valence-corrected chi connectivity index (χ0v) is 19.8. The molecule has 3 aliphatic rings. The minimum atomic E-state index is -1.48. The number of aryl methyl sites for hydroxylation is 1. The van der Waals surface area contributed by atoms with Gasteiger partial charge in [0, 0.05) is 12.6 Å². The van der Waals surface area contributed by atoms with E-state index in [0.717, 1.165) is 29.7 Å². The highest BCUT2D eigenvalue weighted by Crippen LogP contribution is 2.41. The molecule has 3 N–H and O–H groups in total. The minimum absolute atomic E-state index is 0.0270. The number of aromatic nitrogens is 1. The monoisotopic (exact) mass is 501 g/mol. The molecule has 0 radical (unpaired) electrons. The lowest BCUT2D eigenvalue weighted by molar-refractivity contribution is -0.137. The molecule has 6 rings (SSSR count). The van der Waals surface area contributed by atoms with Gasteiger partial charge in [0.05, 0.1) is 23.6 Å². The van der Waals surface area contributed by atoms with Gasteiger partial charge in [0.15, 0.2) is 11.3 Å². The van der Waals surface area contributed by atoms with Crippen LogP contribution in [0.4, 0.5) is 20.6 Å². The maximum Gasteiger partial charge on any atom is 0.328 e. The van der Waals surface area contributed by atoms with Crippen LogP contribution in [0.1, 0.15) is 36.4 Å². The summed E-state index contributed by atoms with van der Waals surface area (Å²) in [6.07, 6.45) is 4.19. The normalized spacial score (nSPS) is 20.2. The lowest BCUT2D eigenvalue weighted by atomic mass is 9.92. The summed E-state index contributed by atoms with van der Waals surface area (Å²) in [5, 5.41) is 7.95. The number of rotatable bonds is 4. The Bertz CT molecular complexity index is 1370. The predicted octanol–water partition coefficient (Wildman–Crippen LogP) is 3.82. The van der Waals surface area contributed by atoms with Gasteiger partial charge in [0.25, 0.3) is 11.8 Å². The number of barbiturate groups is 1. The highest BCUT2D eigenvalue weighted by molar-refractivity contribution is 6.24. The number of para-hydroxylation sites is 1. The van der Waals surface area contributed by atoms with Crippen molar-refractivity contribution in [2.75, 3.05) is 16.8 Å². The van der Waals surface area contributed by atoms with Gasteiger partial charge in [0.1, 0.15) is 5.82 Å². The SMILES string of the molecule is O=C1NC(=O)C2(CCCN2c2ccc(Oc3cccc4c3NC(c3ccc(F)cc3)CC4)nc2)C(=O)N1. The second-order valence-corrected chi connectivity index (χ2v) is 9.39. The number of urea groups is 1. The highest BCUT2D eigenvalue weighted by atomic mass is 19.1. The summed E-state index contributed by atoms with van der Waals surface area (Å²) < 4.78 is 19.5. The number of anilines is 2. The van der Waals surface area contributed by atoms with Crippen LogP contribution in [0.25, 0.3) is 0 Å². The average molecular weight is 502 g/mol. The second-order valence-electron chi connectivity index (χ2n) is 9.39. The standard InChI is InChI=1S/C27H24FN5O4/c28-18-8-5-16(6-9-18)20-11-7-17-3-1-4-21(23(17)30-20)37-22-12-10-19(15-29-22)33-14-2-13-27(33)24(34)31-26(36)32-25(27)35/h1,3-6,8-10,12,15,20,30H,2,7,11,13-14H2,(H2,31,32,34,35,36). The Morgan fingerprint density at radius 3 is 2.51 bits per heavy atom. The molecule has 188 valence electrons. The molecule has 3 aromatic rings. The quantitative estimate of drug-likeness (QED) is 0.466. The number of ether oxygens (including phenoxy) is 1. The Labute approximate surface area is 212 Å². The second kappa shape index (κ2) is 8.88. The Kier molecular flexibility index (Phi) is 5.51. The number of pyridine rings is 1. The van der Waals surface area contributed by atoms with Crippen molar-refractivity contribution < 1.29 is 23.5 Å². The van der Waals surface area contributed by atoms with Gasteiger partial charge < -0.3 is 15.0 Å². The van der Waals surface area contributed by atoms with Crippen LogP contribution in [-0.4, -0.2) is 34.9 Å². The van der Waals surface area contributed by atoms with Crippen molar-refractivity contribution in [2.24, 2.45) is 0 Å². The van der Waals surface area contributed by atoms with Crippen LogP contribution in [-0.2, 0) is 16.0 Å². The van der Waals surface area contributed by atoms with Crippen molar-refractivity contribution >= 4 is 29.2 Å². The molecule has 0 aliphatic carbocycles. The van der Waals surface area contributed by atoms with Gasteiger partial charge in [-0.25, -0.2) is 14.2 Å². The lowest BCUT2D eigenvalue weighted by Crippen LogP contribution is -2.71. The molecule has 0 bridgehead atoms. The van der Waals surface area contributed by atoms with E-state index in [9.17, 15) is 18.8 Å². The van der Waals surface area contributed by atoms with Crippen LogP contribution in [0.2, 0.25) is 0 Å². The Balaban J connectivity index is 1.23. The fraction of sp³-hybridized carbons (Fsp3) is 0.259. The van der Waals surface area contributed by atoms with E-state index < -0.39 is 23.4 Å². The Morgan fingerprint density at radius 1 is 1.00 bits per heavy atom. The van der Waals surface area contributed by atoms with Crippen molar-refractivity contribution in [1.82, 2.24) is 15.6 Å². The Hall–Kier alpha value is -4.47. The van der Waals surface area contributed by atoms with E-state index in [1.807, 2.05) is 18.2 Å². The summed E-state index contributed by atoms with van der Waals surface area (Å²) in [6.45, 7) is 0.470. The first-order chi connectivity index (χ1) is 17.9. The summed E-state index contributed by atoms with van der Waals surface area (Å²) in [5.41, 5.74) is 2.09. The number of hydrogen-bond acceptors (Lipinski definition) is 7. The predicted molar refractivity (Wildman–Crippen MR) is 133 cm³/mol. The molecule has 2 saturated heterocycles. The summed E-state index contributed by atoms with van der Waals surface area (Å²) in [6, 6.07) is 15.0. The number of fused-ring (bicyclic) bond motifs is 1. The van der Waals surface area contributed by atoms with Crippen molar-refractivity contribution in [2.45, 2.75) is 37.3 Å². The summed E-state index contributed by atoms with van der Waals surface area (Å²) in [4.78, 5) is 43.1. The van der Waals surface area contributed by atoms with E-state index in [1.165, 1.54) is 12.1 Å². The molecule has 4 heterocycles. The van der Waals surface area contributed by atoms with Gasteiger partial charge in [-0.05, 0) is 61.1 Å². The molecule has 4 amide bonds. The molecule has 1 atom stereocenters. The van der Waals surface area contributed by atoms with Gasteiger partial charge in [-0.15, -0.1) is 0 Å². The molecule has 2 aromatic carbocycles. The number of nitrogens with one attached hydrogen (secondary N) is 3. The number of carbonyl (C=O) groups is 3. The molecule has 3 aliphatic heterocycles. The molecule has 9 nitrogen and oxygen atoms in total. The largest absolute Gasteiger partial charge is 0.437 e. The molecule has 2 fully saturated rings. The van der Waals surface area contributed by atoms with Crippen molar-refractivity contribution in [3.63, 3.8) is 0 Å². The van der Waals surface area contributed by atoms with Crippen molar-refractivity contribution in [3.8, 4) is 11.6 Å². The molecule has 37 heavy (non-hydrogen) atoms. The molecular formula is C27H24FN5O4. The third-order valence-electron chi connectivity index (χ3n) is 7.24. The van der Waals surface area contributed by atoms with E-state index in [-0.39, 0.29) is 11.9 Å². The number of halogens is 1. The molecule has 1 aromatic heterocycles. The van der Waals surface area contributed by atoms with Crippen LogP contribution in [0.3, 0.4) is 0 Å². The van der Waals surface area contributed by atoms with Crippen LogP contribution in [0.5, 0.6) is 11.6 Å². The van der Waals surface area contributed by atoms with E-state index in [0.29, 0.717) is 36.7 Å². The lowest BCUT2D eigenvalue weighted by Gasteiger charge is -2.38. The highest BCUT2D eigenvalue weighted by Gasteiger charge is 2.57. The maximum atomic E-state index is 13.4. The van der Waals surface area contributed by atoms with Crippen LogP contribution in [0.15, 0.2) is 60.8 Å². The number of carbonyl (C=O) groups excluding carboxylic acids is 3. The average Bonchev–Trinajstić information content (AvgIpc) is 3.35. The number of imide groups is 2. The van der Waals surface area contributed by atoms with E-state index >= 15 is 0 Å². The topological polar surface area (TPSA) is 113 Å². The number of amides is 4. The number of nitrogens with zero attached hydrogens (tertiary/aromatic N) is 2. The van der Waals surface area contributed by atoms with E-state index in [4.69, 9.17) is 4.74 Å². The van der Waals surface area contributed by atoms with Crippen LogP contribution < -0.4 is 25.6 Å². The molecule has 10 heteroatoms. The fourth-order valence-electron chi connectivity index (χ4n) is 5.42. The minimum Gasteiger partial charge on any atom is -0.437 e. The third-order valence-corrected chi connectivity index (χ3v) is 7.24. The van der Waals surface area contributed by atoms with Gasteiger partial charge in [-0.3, -0.25) is 20.2 Å². The van der Waals surface area contributed by atoms with E-state index in [2.05, 4.69) is 20.9 Å². The van der Waals surface area contributed by atoms with Gasteiger partial charge in [-0.1, -0.05) is 24.3 Å². The van der Waals surface area contributed by atoms with Crippen molar-refractivity contribution in [3.05, 3.63) is 77.7 Å². The van der Waals surface area contributed by atoms with Crippen LogP contribution >= 0.6 is 0 Å². The summed E-state index contributed by atoms with van der Waals surface area (Å²) in [7, 11) is 0. The molecule has 1 unspecified atom stereocenters. The number of hydrogen-bond donors (Lipinski definition) is 3. The fourth-order valence-corrected chi connectivity index (χ4v) is 5.42. The molecule has 1 spiro atoms. The smallest absolute Gasteiger partial charge is 0.328 e.